The predicted molar refractivity (Wildman–Crippen MR) is 43.3 cm³/mol. The Hall–Kier alpha value is -0.830. The minimum absolute atomic E-state index is 0.225. The van der Waals surface area contributed by atoms with Gasteiger partial charge >= 0.3 is 0 Å². The standard InChI is InChI=1S/C9H12FNO/c10-9-5-4-8(12-9)7-3-1-2-6-11-7/h4-5,7,11H,1-3,6H2/t7-/m0/s1. The molecule has 2 nitrogen and oxygen atoms in total. The molecule has 0 amide bonds. The molecule has 0 spiro atoms. The van der Waals surface area contributed by atoms with Crippen LogP contribution in [0, 0.1) is 6.01 Å². The van der Waals surface area contributed by atoms with Crippen LogP contribution >= 0.6 is 0 Å². The summed E-state index contributed by atoms with van der Waals surface area (Å²) in [6, 6.07) is 2.81. The SMILES string of the molecule is Fc1ccc([C@@H]2CCCCN2)o1. The topological polar surface area (TPSA) is 25.2 Å². The molecule has 0 radical (unpaired) electrons. The van der Waals surface area contributed by atoms with Crippen LogP contribution in [0.1, 0.15) is 31.1 Å². The molecule has 2 heterocycles. The van der Waals surface area contributed by atoms with Gasteiger partial charge in [-0.25, -0.2) is 0 Å². The lowest BCUT2D eigenvalue weighted by molar-refractivity contribution is 0.289. The third-order valence-electron chi connectivity index (χ3n) is 2.25. The monoisotopic (exact) mass is 169 g/mol. The second-order valence-corrected chi connectivity index (χ2v) is 3.14. The second kappa shape index (κ2) is 3.27. The Labute approximate surface area is 70.8 Å². The van der Waals surface area contributed by atoms with Gasteiger partial charge in [0.1, 0.15) is 5.76 Å². The van der Waals surface area contributed by atoms with E-state index in [1.165, 1.54) is 18.9 Å². The van der Waals surface area contributed by atoms with Crippen LogP contribution in [0.5, 0.6) is 0 Å². The summed E-state index contributed by atoms with van der Waals surface area (Å²) in [6.07, 6.45) is 3.45. The Morgan fingerprint density at radius 3 is 2.92 bits per heavy atom. The third kappa shape index (κ3) is 1.50. The highest BCUT2D eigenvalue weighted by Gasteiger charge is 2.17. The smallest absolute Gasteiger partial charge is 0.277 e. The number of rotatable bonds is 1. The van der Waals surface area contributed by atoms with E-state index in [9.17, 15) is 4.39 Å². The molecule has 1 aliphatic heterocycles. The molecule has 1 aromatic heterocycles. The molecule has 0 saturated carbocycles. The van der Waals surface area contributed by atoms with Crippen molar-refractivity contribution in [3.8, 4) is 0 Å². The summed E-state index contributed by atoms with van der Waals surface area (Å²) in [5.41, 5.74) is 0. The molecule has 1 atom stereocenters. The number of hydrogen-bond acceptors (Lipinski definition) is 2. The van der Waals surface area contributed by atoms with Crippen molar-refractivity contribution in [2.45, 2.75) is 25.3 Å². The summed E-state index contributed by atoms with van der Waals surface area (Å²) in [7, 11) is 0. The largest absolute Gasteiger partial charge is 0.434 e. The van der Waals surface area contributed by atoms with E-state index in [0.29, 0.717) is 0 Å². The zero-order valence-corrected chi connectivity index (χ0v) is 6.85. The van der Waals surface area contributed by atoms with Gasteiger partial charge in [-0.2, -0.15) is 4.39 Å². The fourth-order valence-electron chi connectivity index (χ4n) is 1.61. The van der Waals surface area contributed by atoms with Gasteiger partial charge in [-0.1, -0.05) is 6.42 Å². The first-order chi connectivity index (χ1) is 5.86. The van der Waals surface area contributed by atoms with Gasteiger partial charge in [0.15, 0.2) is 0 Å². The van der Waals surface area contributed by atoms with Crippen LogP contribution < -0.4 is 5.32 Å². The second-order valence-electron chi connectivity index (χ2n) is 3.14. The van der Waals surface area contributed by atoms with Crippen LogP contribution in [0.3, 0.4) is 0 Å². The van der Waals surface area contributed by atoms with Gasteiger partial charge in [-0.15, -0.1) is 0 Å². The van der Waals surface area contributed by atoms with Crippen molar-refractivity contribution in [3.05, 3.63) is 23.9 Å². The van der Waals surface area contributed by atoms with Crippen molar-refractivity contribution in [1.29, 1.82) is 0 Å². The van der Waals surface area contributed by atoms with Crippen molar-refractivity contribution in [2.75, 3.05) is 6.54 Å². The molecular weight excluding hydrogens is 157 g/mol. The quantitative estimate of drug-likeness (QED) is 0.697. The maximum Gasteiger partial charge on any atom is 0.277 e. The van der Waals surface area contributed by atoms with Gasteiger partial charge in [0.2, 0.25) is 0 Å². The molecule has 1 N–H and O–H groups in total. The van der Waals surface area contributed by atoms with E-state index in [2.05, 4.69) is 5.32 Å². The first-order valence-corrected chi connectivity index (χ1v) is 4.35. The normalized spacial score (nSPS) is 24.2. The average Bonchev–Trinajstić information content (AvgIpc) is 2.54. The van der Waals surface area contributed by atoms with Gasteiger partial charge in [0, 0.05) is 6.07 Å². The van der Waals surface area contributed by atoms with E-state index in [-0.39, 0.29) is 6.04 Å². The Bertz CT molecular complexity index is 253. The fraction of sp³-hybridized carbons (Fsp3) is 0.556. The van der Waals surface area contributed by atoms with Crippen molar-refractivity contribution in [2.24, 2.45) is 0 Å². The third-order valence-corrected chi connectivity index (χ3v) is 2.25. The lowest BCUT2D eigenvalue weighted by atomic mass is 10.0. The van der Waals surface area contributed by atoms with Crippen LogP contribution in [0.15, 0.2) is 16.5 Å². The number of hydrogen-bond donors (Lipinski definition) is 1. The van der Waals surface area contributed by atoms with Crippen LogP contribution in [0.25, 0.3) is 0 Å². The van der Waals surface area contributed by atoms with Gasteiger partial charge in [0.25, 0.3) is 6.01 Å². The number of furan rings is 1. The fourth-order valence-corrected chi connectivity index (χ4v) is 1.61. The van der Waals surface area contributed by atoms with Gasteiger partial charge in [-0.3, -0.25) is 0 Å². The molecule has 1 aromatic rings. The molecular formula is C9H12FNO. The highest BCUT2D eigenvalue weighted by molar-refractivity contribution is 5.05. The molecule has 0 aliphatic carbocycles. The summed E-state index contributed by atoms with van der Waals surface area (Å²) in [5.74, 6) is 0.729. The van der Waals surface area contributed by atoms with Crippen molar-refractivity contribution in [1.82, 2.24) is 5.32 Å². The van der Waals surface area contributed by atoms with Gasteiger partial charge in [-0.05, 0) is 25.5 Å². The Morgan fingerprint density at radius 2 is 2.33 bits per heavy atom. The van der Waals surface area contributed by atoms with Crippen molar-refractivity contribution >= 4 is 0 Å². The summed E-state index contributed by atoms with van der Waals surface area (Å²) < 4.78 is 17.4. The van der Waals surface area contributed by atoms with Crippen LogP contribution in [-0.2, 0) is 0 Å². The molecule has 66 valence electrons. The van der Waals surface area contributed by atoms with Crippen LogP contribution in [0.4, 0.5) is 4.39 Å². The minimum atomic E-state index is -0.489. The van der Waals surface area contributed by atoms with Crippen molar-refractivity contribution < 1.29 is 8.81 Å². The number of halogens is 1. The van der Waals surface area contributed by atoms with E-state index >= 15 is 0 Å². The molecule has 0 unspecified atom stereocenters. The molecule has 0 bridgehead atoms. The molecule has 0 aromatic carbocycles. The maximum absolute atomic E-state index is 12.5. The number of piperidine rings is 1. The van der Waals surface area contributed by atoms with E-state index < -0.39 is 6.01 Å². The molecule has 1 fully saturated rings. The summed E-state index contributed by atoms with van der Waals surface area (Å²) in [6.45, 7) is 1.01. The lowest BCUT2D eigenvalue weighted by Gasteiger charge is -2.20. The molecule has 1 saturated heterocycles. The van der Waals surface area contributed by atoms with E-state index in [4.69, 9.17) is 4.42 Å². The Balaban J connectivity index is 2.08. The van der Waals surface area contributed by atoms with Crippen molar-refractivity contribution in [3.63, 3.8) is 0 Å². The molecule has 1 aliphatic rings. The van der Waals surface area contributed by atoms with Crippen LogP contribution in [0.2, 0.25) is 0 Å². The minimum Gasteiger partial charge on any atom is -0.434 e. The molecule has 3 heteroatoms. The molecule has 12 heavy (non-hydrogen) atoms. The van der Waals surface area contributed by atoms with E-state index in [1.54, 1.807) is 6.07 Å². The van der Waals surface area contributed by atoms with Crippen LogP contribution in [-0.4, -0.2) is 6.54 Å². The maximum atomic E-state index is 12.5. The Morgan fingerprint density at radius 1 is 1.42 bits per heavy atom. The number of nitrogens with one attached hydrogen (secondary N) is 1. The van der Waals surface area contributed by atoms with Gasteiger partial charge in [0.05, 0.1) is 6.04 Å². The van der Waals surface area contributed by atoms with E-state index in [1.807, 2.05) is 0 Å². The summed E-state index contributed by atoms with van der Waals surface area (Å²) in [4.78, 5) is 0. The highest BCUT2D eigenvalue weighted by atomic mass is 19.1. The molecule has 2 rings (SSSR count). The predicted octanol–water partition coefficient (Wildman–Crippen LogP) is 2.23. The van der Waals surface area contributed by atoms with E-state index in [0.717, 1.165) is 18.7 Å². The first-order valence-electron chi connectivity index (χ1n) is 4.35. The van der Waals surface area contributed by atoms with Gasteiger partial charge < -0.3 is 9.73 Å². The summed E-state index contributed by atoms with van der Waals surface area (Å²) in [5, 5.41) is 3.29. The zero-order chi connectivity index (χ0) is 8.39. The first kappa shape index (κ1) is 7.80. The lowest BCUT2D eigenvalue weighted by Crippen LogP contribution is -2.26. The zero-order valence-electron chi connectivity index (χ0n) is 6.85. The summed E-state index contributed by atoms with van der Waals surface area (Å²) >= 11 is 0. The average molecular weight is 169 g/mol. The Kier molecular flexibility index (Phi) is 2.13. The highest BCUT2D eigenvalue weighted by Crippen LogP contribution is 2.23.